The van der Waals surface area contributed by atoms with Crippen molar-refractivity contribution in [1.82, 2.24) is 19.6 Å². The van der Waals surface area contributed by atoms with Crippen LogP contribution in [-0.2, 0) is 31.4 Å². The van der Waals surface area contributed by atoms with Crippen LogP contribution in [0.2, 0.25) is 0 Å². The van der Waals surface area contributed by atoms with E-state index in [1.807, 2.05) is 19.9 Å². The van der Waals surface area contributed by atoms with Crippen LogP contribution < -0.4 is 15.4 Å². The average molecular weight is 452 g/mol. The van der Waals surface area contributed by atoms with Gasteiger partial charge in [0, 0.05) is 25.5 Å². The monoisotopic (exact) mass is 451 g/mol. The van der Waals surface area contributed by atoms with Gasteiger partial charge in [-0.25, -0.2) is 22.9 Å². The minimum Gasteiger partial charge on any atom is -0.456 e. The molecule has 0 aliphatic rings. The van der Waals surface area contributed by atoms with Gasteiger partial charge < -0.3 is 14.6 Å². The normalized spacial score (nSPS) is 11.1. The van der Waals surface area contributed by atoms with E-state index in [1.54, 1.807) is 30.7 Å². The van der Waals surface area contributed by atoms with Gasteiger partial charge in [-0.3, -0.25) is 14.9 Å². The molecular weight excluding hydrogens is 426 g/mol. The number of carbonyl (C=O) groups is 3. The Morgan fingerprint density at radius 1 is 1.16 bits per heavy atom. The van der Waals surface area contributed by atoms with E-state index in [4.69, 9.17) is 4.74 Å². The van der Waals surface area contributed by atoms with E-state index in [-0.39, 0.29) is 18.0 Å². The van der Waals surface area contributed by atoms with Gasteiger partial charge in [-0.1, -0.05) is 12.1 Å². The van der Waals surface area contributed by atoms with Crippen molar-refractivity contribution in [1.29, 1.82) is 0 Å². The molecule has 0 aliphatic carbocycles. The zero-order valence-electron chi connectivity index (χ0n) is 17.7. The SMILES string of the molecule is Cc1cccc(NC(=O)NC(=O)COC(=O)CCNS(=O)(=O)c2cn(C)c(C)n2)c1C. The highest BCUT2D eigenvalue weighted by Crippen LogP contribution is 2.17. The lowest BCUT2D eigenvalue weighted by Gasteiger charge is -2.11. The summed E-state index contributed by atoms with van der Waals surface area (Å²) in [7, 11) is -2.20. The molecule has 0 bridgehead atoms. The highest BCUT2D eigenvalue weighted by Gasteiger charge is 2.19. The van der Waals surface area contributed by atoms with Gasteiger partial charge >= 0.3 is 12.0 Å². The predicted molar refractivity (Wildman–Crippen MR) is 112 cm³/mol. The van der Waals surface area contributed by atoms with Crippen molar-refractivity contribution in [3.05, 3.63) is 41.3 Å². The number of ether oxygens (including phenoxy) is 1. The minimum atomic E-state index is -3.86. The van der Waals surface area contributed by atoms with E-state index >= 15 is 0 Å². The van der Waals surface area contributed by atoms with Crippen LogP contribution in [0.3, 0.4) is 0 Å². The summed E-state index contributed by atoms with van der Waals surface area (Å²) in [5.41, 5.74) is 2.39. The van der Waals surface area contributed by atoms with Crippen LogP contribution in [-0.4, -0.2) is 49.0 Å². The Bertz CT molecular complexity index is 1070. The van der Waals surface area contributed by atoms with Crippen molar-refractivity contribution < 1.29 is 27.5 Å². The molecule has 0 unspecified atom stereocenters. The number of imidazole rings is 1. The summed E-state index contributed by atoms with van der Waals surface area (Å²) in [5, 5.41) is 4.44. The summed E-state index contributed by atoms with van der Waals surface area (Å²) >= 11 is 0. The summed E-state index contributed by atoms with van der Waals surface area (Å²) in [6.07, 6.45) is 1.05. The third-order valence-corrected chi connectivity index (χ3v) is 5.78. The molecule has 2 rings (SSSR count). The van der Waals surface area contributed by atoms with Crippen LogP contribution >= 0.6 is 0 Å². The third-order valence-electron chi connectivity index (χ3n) is 4.45. The van der Waals surface area contributed by atoms with Crippen molar-refractivity contribution in [2.24, 2.45) is 7.05 Å². The summed E-state index contributed by atoms with van der Waals surface area (Å²) in [6.45, 7) is 4.47. The molecule has 0 saturated carbocycles. The number of esters is 1. The fourth-order valence-corrected chi connectivity index (χ4v) is 3.51. The van der Waals surface area contributed by atoms with Gasteiger partial charge in [0.05, 0.1) is 6.42 Å². The molecule has 0 radical (unpaired) electrons. The molecule has 1 aromatic carbocycles. The first-order chi connectivity index (χ1) is 14.5. The Kier molecular flexibility index (Phi) is 7.89. The topological polar surface area (TPSA) is 148 Å². The number of imide groups is 1. The van der Waals surface area contributed by atoms with Gasteiger partial charge in [-0.15, -0.1) is 0 Å². The number of nitrogens with one attached hydrogen (secondary N) is 3. The number of benzene rings is 1. The summed E-state index contributed by atoms with van der Waals surface area (Å²) in [5.74, 6) is -1.10. The quantitative estimate of drug-likeness (QED) is 0.505. The fourth-order valence-electron chi connectivity index (χ4n) is 2.44. The van der Waals surface area contributed by atoms with E-state index < -0.39 is 34.5 Å². The first-order valence-electron chi connectivity index (χ1n) is 9.32. The molecule has 0 saturated heterocycles. The van der Waals surface area contributed by atoms with Crippen molar-refractivity contribution >= 4 is 33.6 Å². The summed E-state index contributed by atoms with van der Waals surface area (Å²) < 4.78 is 32.8. The molecule has 0 aliphatic heterocycles. The standard InChI is InChI=1S/C19H25N5O6S/c1-12-6-5-7-15(13(12)2)22-19(27)23-16(25)11-30-18(26)8-9-20-31(28,29)17-10-24(4)14(3)21-17/h5-7,10,20H,8-9,11H2,1-4H3,(H2,22,23,25,27). The number of carbonyl (C=O) groups excluding carboxylic acids is 3. The molecule has 12 heteroatoms. The molecule has 0 fully saturated rings. The molecule has 2 aromatic rings. The molecule has 31 heavy (non-hydrogen) atoms. The van der Waals surface area contributed by atoms with E-state index in [2.05, 4.69) is 20.3 Å². The molecule has 0 spiro atoms. The second-order valence-electron chi connectivity index (χ2n) is 6.80. The van der Waals surface area contributed by atoms with Gasteiger partial charge in [0.1, 0.15) is 5.82 Å². The van der Waals surface area contributed by atoms with Gasteiger partial charge in [0.25, 0.3) is 15.9 Å². The molecule has 1 heterocycles. The zero-order valence-corrected chi connectivity index (χ0v) is 18.5. The Hall–Kier alpha value is -3.25. The van der Waals surface area contributed by atoms with Gasteiger partial charge in [-0.05, 0) is 38.0 Å². The smallest absolute Gasteiger partial charge is 0.325 e. The van der Waals surface area contributed by atoms with Crippen molar-refractivity contribution in [3.8, 4) is 0 Å². The molecule has 3 amide bonds. The molecule has 1 aromatic heterocycles. The number of sulfonamides is 1. The maximum absolute atomic E-state index is 12.1. The minimum absolute atomic E-state index is 0.157. The van der Waals surface area contributed by atoms with Crippen LogP contribution in [0.25, 0.3) is 0 Å². The predicted octanol–water partition coefficient (Wildman–Crippen LogP) is 0.905. The highest BCUT2D eigenvalue weighted by atomic mass is 32.2. The largest absolute Gasteiger partial charge is 0.456 e. The maximum Gasteiger partial charge on any atom is 0.325 e. The van der Waals surface area contributed by atoms with Crippen molar-refractivity contribution in [3.63, 3.8) is 0 Å². The number of nitrogens with zero attached hydrogens (tertiary/aromatic N) is 2. The number of rotatable bonds is 8. The molecule has 3 N–H and O–H groups in total. The number of urea groups is 1. The highest BCUT2D eigenvalue weighted by molar-refractivity contribution is 7.89. The lowest BCUT2D eigenvalue weighted by Crippen LogP contribution is -2.37. The molecular formula is C19H25N5O6S. The first kappa shape index (κ1) is 24.0. The second-order valence-corrected chi connectivity index (χ2v) is 8.51. The lowest BCUT2D eigenvalue weighted by atomic mass is 10.1. The molecule has 11 nitrogen and oxygen atoms in total. The Morgan fingerprint density at radius 2 is 1.87 bits per heavy atom. The Morgan fingerprint density at radius 3 is 2.52 bits per heavy atom. The Labute approximate surface area is 180 Å². The van der Waals surface area contributed by atoms with Crippen LogP contribution in [0.4, 0.5) is 10.5 Å². The number of amides is 3. The van der Waals surface area contributed by atoms with Crippen LogP contribution in [0.1, 0.15) is 23.4 Å². The fraction of sp³-hybridized carbons (Fsp3) is 0.368. The lowest BCUT2D eigenvalue weighted by molar-refractivity contribution is -0.148. The molecule has 168 valence electrons. The number of aromatic nitrogens is 2. The van der Waals surface area contributed by atoms with E-state index in [0.29, 0.717) is 11.5 Å². The summed E-state index contributed by atoms with van der Waals surface area (Å²) in [6, 6.07) is 4.60. The van der Waals surface area contributed by atoms with Gasteiger partial charge in [-0.2, -0.15) is 0 Å². The van der Waals surface area contributed by atoms with Crippen LogP contribution in [0, 0.1) is 20.8 Å². The van der Waals surface area contributed by atoms with E-state index in [9.17, 15) is 22.8 Å². The third kappa shape index (κ3) is 6.89. The second kappa shape index (κ2) is 10.2. The number of hydrogen-bond donors (Lipinski definition) is 3. The average Bonchev–Trinajstić information content (AvgIpc) is 3.03. The van der Waals surface area contributed by atoms with Gasteiger partial charge in [0.2, 0.25) is 0 Å². The van der Waals surface area contributed by atoms with Crippen molar-refractivity contribution in [2.75, 3.05) is 18.5 Å². The molecule has 0 atom stereocenters. The first-order valence-corrected chi connectivity index (χ1v) is 10.8. The number of anilines is 1. The van der Waals surface area contributed by atoms with Crippen molar-refractivity contribution in [2.45, 2.75) is 32.2 Å². The summed E-state index contributed by atoms with van der Waals surface area (Å²) in [4.78, 5) is 39.3. The van der Waals surface area contributed by atoms with Crippen LogP contribution in [0.15, 0.2) is 29.4 Å². The van der Waals surface area contributed by atoms with Crippen LogP contribution in [0.5, 0.6) is 0 Å². The van der Waals surface area contributed by atoms with E-state index in [0.717, 1.165) is 11.1 Å². The van der Waals surface area contributed by atoms with Gasteiger partial charge in [0.15, 0.2) is 11.6 Å². The maximum atomic E-state index is 12.1. The Balaban J connectivity index is 1.72. The zero-order chi connectivity index (χ0) is 23.2. The van der Waals surface area contributed by atoms with E-state index in [1.165, 1.54) is 6.20 Å². The number of hydrogen-bond acceptors (Lipinski definition) is 7. The number of aryl methyl sites for hydroxylation is 3.